The van der Waals surface area contributed by atoms with Gasteiger partial charge in [0.05, 0.1) is 135 Å². The molecule has 36 heteroatoms. The first-order valence-corrected chi connectivity index (χ1v) is 33.2. The second-order valence-corrected chi connectivity index (χ2v) is 24.3. The number of ether oxygens (including phenoxy) is 8. The number of H-pyrrole nitrogens is 2. The number of rotatable bonds is 20. The van der Waals surface area contributed by atoms with Gasteiger partial charge >= 0.3 is 47.8 Å². The smallest absolute Gasteiger partial charge is 0.325 e. The Balaban J connectivity index is 1.61. The van der Waals surface area contributed by atoms with Gasteiger partial charge in [0.15, 0.2) is 47.0 Å². The molecule has 7 aromatic rings. The standard InChI is InChI=1S/C60H46Cl12N8O16/c1-9-89-53(81)29(54(82)90-10-2)17-33(61)21-25(41(69)37(17)65)49-73-45(21)77-50-26-22(34(62)18(38(66)42(26)70)30(55(83)91-11-3)56(84)92-12-4)47(74-50)79-52-28-24(36(64)20(40(68)44(28)72)32(59(87)95-15-7)60(88)96-16-8)48(76-52)80-51-27-23(46(75-51)78-49)35(63)19(39(67)43(27)71)31(57(85)93-13-5)58(86)94-14-6/h29-32H,9-16H2,1-8H3,(H2,73,74,75,76,77,78,79,80). The summed E-state index contributed by atoms with van der Waals surface area (Å²) in [6.45, 7) is 9.89. The molecular weight excluding hydrogens is 1510 g/mol. The van der Waals surface area contributed by atoms with Gasteiger partial charge in [-0.25, -0.2) is 29.9 Å². The van der Waals surface area contributed by atoms with Gasteiger partial charge in [0.2, 0.25) is 0 Å². The second kappa shape index (κ2) is 30.3. The lowest BCUT2D eigenvalue weighted by Crippen LogP contribution is -2.27. The van der Waals surface area contributed by atoms with Gasteiger partial charge < -0.3 is 47.9 Å². The van der Waals surface area contributed by atoms with E-state index >= 15 is 0 Å². The number of esters is 8. The average molecular weight is 1560 g/mol. The van der Waals surface area contributed by atoms with Gasteiger partial charge in [0.1, 0.15) is 22.6 Å². The Kier molecular flexibility index (Phi) is 23.3. The van der Waals surface area contributed by atoms with Gasteiger partial charge in [-0.15, -0.1) is 0 Å². The number of nitrogens with one attached hydrogen (secondary N) is 2. The molecule has 4 aromatic carbocycles. The number of fused-ring (bicyclic) bond motifs is 20. The van der Waals surface area contributed by atoms with E-state index in [9.17, 15) is 38.4 Å². The van der Waals surface area contributed by atoms with E-state index in [0.717, 1.165) is 0 Å². The minimum atomic E-state index is -2.03. The van der Waals surface area contributed by atoms with Gasteiger partial charge in [-0.3, -0.25) is 38.4 Å². The topological polar surface area (TPSA) is 319 Å². The van der Waals surface area contributed by atoms with Crippen molar-refractivity contribution < 1.29 is 76.3 Å². The summed E-state index contributed by atoms with van der Waals surface area (Å²) in [7, 11) is 0. The van der Waals surface area contributed by atoms with Crippen LogP contribution in [-0.2, 0) is 76.3 Å². The molecule has 0 aliphatic carbocycles. The van der Waals surface area contributed by atoms with Crippen LogP contribution in [0, 0.1) is 0 Å². The Bertz CT molecular complexity index is 4340. The van der Waals surface area contributed by atoms with E-state index in [-0.39, 0.29) is 108 Å². The van der Waals surface area contributed by atoms with E-state index in [4.69, 9.17) is 207 Å². The van der Waals surface area contributed by atoms with Gasteiger partial charge in [0, 0.05) is 43.8 Å². The number of halogens is 12. The number of carbonyl (C=O) groups is 8. The van der Waals surface area contributed by atoms with Crippen LogP contribution in [0.1, 0.15) is 101 Å². The van der Waals surface area contributed by atoms with Crippen molar-refractivity contribution in [1.82, 2.24) is 39.9 Å². The van der Waals surface area contributed by atoms with Crippen molar-refractivity contribution in [2.75, 3.05) is 52.9 Å². The molecule has 0 fully saturated rings. The average Bonchev–Trinajstić information content (AvgIpc) is 1.54. The Morgan fingerprint density at radius 3 is 0.646 bits per heavy atom. The summed E-state index contributed by atoms with van der Waals surface area (Å²) in [6.07, 6.45) is 0. The Morgan fingerprint density at radius 2 is 0.438 bits per heavy atom. The summed E-state index contributed by atoms with van der Waals surface area (Å²) in [5, 5.41) is -7.08. The van der Waals surface area contributed by atoms with Crippen molar-refractivity contribution in [2.45, 2.75) is 79.1 Å². The van der Waals surface area contributed by atoms with Crippen LogP contribution in [0.3, 0.4) is 0 Å². The maximum atomic E-state index is 14.0. The van der Waals surface area contributed by atoms with Crippen LogP contribution in [0.25, 0.3) is 89.7 Å². The van der Waals surface area contributed by atoms with E-state index in [1.54, 1.807) is 0 Å². The SMILES string of the molecule is CCOC(=O)C(C(=O)OCC)c1c(Cl)c(Cl)c2c(c1Cl)-c1nc-2nc2[nH]c(nc3nc(nc4[nH]c(n1)c1c(Cl)c(Cl)c(C(C(=O)OCC)C(=O)OCC)c(Cl)c41)-c1c(Cl)c(Cl)c(C(C(=O)OCC)C(=O)OCC)c(Cl)c1-3)c1c(Cl)c(Cl)c(C(C(=O)OCC)C(=O)OCC)c(Cl)c21. The number of nitrogens with zero attached hydrogens (tertiary/aromatic N) is 6. The molecule has 0 radical (unpaired) electrons. The largest absolute Gasteiger partial charge is 0.465 e. The zero-order valence-electron chi connectivity index (χ0n) is 50.7. The molecule has 0 saturated carbocycles. The second-order valence-electron chi connectivity index (χ2n) is 19.8. The molecule has 2 N–H and O–H groups in total. The third kappa shape index (κ3) is 12.9. The molecule has 96 heavy (non-hydrogen) atoms. The summed E-state index contributed by atoms with van der Waals surface area (Å²) in [6, 6.07) is 0. The van der Waals surface area contributed by atoms with E-state index in [1.807, 2.05) is 0 Å². The zero-order valence-corrected chi connectivity index (χ0v) is 59.8. The lowest BCUT2D eigenvalue weighted by molar-refractivity contribution is -0.158. The lowest BCUT2D eigenvalue weighted by Gasteiger charge is -2.20. The molecule has 0 atom stereocenters. The molecule has 2 aliphatic heterocycles. The van der Waals surface area contributed by atoms with Gasteiger partial charge in [-0.1, -0.05) is 139 Å². The molecule has 0 unspecified atom stereocenters. The van der Waals surface area contributed by atoms with Crippen molar-refractivity contribution in [1.29, 1.82) is 0 Å². The first-order valence-electron chi connectivity index (χ1n) is 28.6. The van der Waals surface area contributed by atoms with Crippen LogP contribution < -0.4 is 0 Å². The lowest BCUT2D eigenvalue weighted by atomic mass is 9.94. The number of aromatic amines is 2. The van der Waals surface area contributed by atoms with E-state index in [0.29, 0.717) is 0 Å². The normalized spacial score (nSPS) is 11.8. The molecular formula is C60H46Cl12N8O16. The fourth-order valence-corrected chi connectivity index (χ4v) is 14.6. The Morgan fingerprint density at radius 1 is 0.260 bits per heavy atom. The number of hydrogen-bond donors (Lipinski definition) is 2. The van der Waals surface area contributed by atoms with Gasteiger partial charge in [-0.2, -0.15) is 0 Å². The molecule has 2 aliphatic rings. The predicted octanol–water partition coefficient (Wildman–Crippen LogP) is 15.5. The maximum Gasteiger partial charge on any atom is 0.325 e. The van der Waals surface area contributed by atoms with Gasteiger partial charge in [-0.05, 0) is 55.4 Å². The van der Waals surface area contributed by atoms with Crippen LogP contribution in [0.2, 0.25) is 60.3 Å². The third-order valence-corrected chi connectivity index (χ3v) is 19.4. The summed E-state index contributed by atoms with van der Waals surface area (Å²) in [4.78, 5) is 147. The Hall–Kier alpha value is -6.52. The monoisotopic (exact) mass is 1550 g/mol. The highest BCUT2D eigenvalue weighted by molar-refractivity contribution is 6.53. The van der Waals surface area contributed by atoms with Crippen molar-refractivity contribution in [3.05, 3.63) is 82.5 Å². The van der Waals surface area contributed by atoms with Crippen LogP contribution >= 0.6 is 139 Å². The van der Waals surface area contributed by atoms with Crippen LogP contribution in [0.15, 0.2) is 0 Å². The van der Waals surface area contributed by atoms with Crippen molar-refractivity contribution in [3.8, 4) is 45.6 Å². The highest BCUT2D eigenvalue weighted by Crippen LogP contribution is 2.56. The van der Waals surface area contributed by atoms with E-state index in [2.05, 4.69) is 9.97 Å². The number of hydrogen-bond acceptors (Lipinski definition) is 22. The highest BCUT2D eigenvalue weighted by Gasteiger charge is 2.45. The summed E-state index contributed by atoms with van der Waals surface area (Å²) in [5.74, 6) is -19.4. The van der Waals surface area contributed by atoms with Crippen molar-refractivity contribution in [3.63, 3.8) is 0 Å². The molecule has 5 heterocycles. The van der Waals surface area contributed by atoms with Crippen LogP contribution in [0.5, 0.6) is 0 Å². The third-order valence-electron chi connectivity index (χ3n) is 14.4. The molecule has 0 spiro atoms. The van der Waals surface area contributed by atoms with Crippen LogP contribution in [-0.4, -0.2) is 140 Å². The minimum absolute atomic E-state index is 0.238. The van der Waals surface area contributed by atoms with Crippen molar-refractivity contribution >= 4 is 231 Å². The predicted molar refractivity (Wildman–Crippen MR) is 360 cm³/mol. The molecule has 3 aromatic heterocycles. The molecule has 24 nitrogen and oxygen atoms in total. The fraction of sp³-hybridized carbons (Fsp3) is 0.333. The highest BCUT2D eigenvalue weighted by atomic mass is 35.5. The van der Waals surface area contributed by atoms with E-state index in [1.165, 1.54) is 55.4 Å². The van der Waals surface area contributed by atoms with E-state index < -0.39 is 189 Å². The fourth-order valence-electron chi connectivity index (χ4n) is 10.6. The number of aromatic nitrogens is 8. The number of carbonyl (C=O) groups excluding carboxylic acids is 8. The summed E-state index contributed by atoms with van der Waals surface area (Å²) < 4.78 is 42.7. The maximum absolute atomic E-state index is 14.0. The summed E-state index contributed by atoms with van der Waals surface area (Å²) in [5.41, 5.74) is -4.55. The molecule has 0 saturated heterocycles. The number of benzene rings is 4. The molecule has 506 valence electrons. The summed E-state index contributed by atoms with van der Waals surface area (Å²) >= 11 is 87.7. The minimum Gasteiger partial charge on any atom is -0.465 e. The van der Waals surface area contributed by atoms with Gasteiger partial charge in [0.25, 0.3) is 0 Å². The quantitative estimate of drug-likeness (QED) is 0.0310. The van der Waals surface area contributed by atoms with Crippen LogP contribution in [0.4, 0.5) is 0 Å². The first-order chi connectivity index (χ1) is 45.7. The zero-order chi connectivity index (χ0) is 70.4. The molecule has 0 amide bonds. The first kappa shape index (κ1) is 73.7. The Labute approximate surface area is 602 Å². The molecule has 8 bridgehead atoms. The molecule has 9 rings (SSSR count). The van der Waals surface area contributed by atoms with Crippen molar-refractivity contribution in [2.24, 2.45) is 0 Å².